The van der Waals surface area contributed by atoms with Crippen LogP contribution in [0.3, 0.4) is 0 Å². The van der Waals surface area contributed by atoms with Crippen molar-refractivity contribution in [2.45, 2.75) is 26.2 Å². The van der Waals surface area contributed by atoms with Gasteiger partial charge in [-0.05, 0) is 42.8 Å². The van der Waals surface area contributed by atoms with Gasteiger partial charge in [-0.3, -0.25) is 4.79 Å². The molecule has 0 saturated carbocycles. The minimum Gasteiger partial charge on any atom is -0.457 e. The second kappa shape index (κ2) is 9.22. The largest absolute Gasteiger partial charge is 0.457 e. The lowest BCUT2D eigenvalue weighted by molar-refractivity contribution is -0.113. The average Bonchev–Trinajstić information content (AvgIpc) is 2.57. The maximum Gasteiger partial charge on any atom is 0.239 e. The maximum absolute atomic E-state index is 11.9. The molecule has 0 unspecified atom stereocenters. The third-order valence-electron chi connectivity index (χ3n) is 3.53. The second-order valence-electron chi connectivity index (χ2n) is 5.79. The summed E-state index contributed by atoms with van der Waals surface area (Å²) in [5, 5.41) is 2.61. The Labute approximate surface area is 148 Å². The molecule has 1 N–H and O–H groups in total. The highest BCUT2D eigenvalue weighted by molar-refractivity contribution is 7.92. The summed E-state index contributed by atoms with van der Waals surface area (Å²) in [5.74, 6) is 0.402. The Morgan fingerprint density at radius 2 is 1.60 bits per heavy atom. The molecular formula is C19H23NO4S. The minimum absolute atomic E-state index is 0.0537. The first-order valence-corrected chi connectivity index (χ1v) is 10.1. The Morgan fingerprint density at radius 1 is 0.960 bits per heavy atom. The lowest BCUT2D eigenvalue weighted by Gasteiger charge is -2.08. The number of hydrogen-bond donors (Lipinski definition) is 1. The molecule has 0 bridgehead atoms. The van der Waals surface area contributed by atoms with Crippen LogP contribution in [0.15, 0.2) is 54.6 Å². The van der Waals surface area contributed by atoms with Gasteiger partial charge >= 0.3 is 0 Å². The molecule has 2 aromatic rings. The quantitative estimate of drug-likeness (QED) is 0.685. The summed E-state index contributed by atoms with van der Waals surface area (Å²) in [6, 6.07) is 16.2. The van der Waals surface area contributed by atoms with Crippen molar-refractivity contribution in [1.82, 2.24) is 0 Å². The van der Waals surface area contributed by atoms with E-state index in [0.29, 0.717) is 17.9 Å². The Morgan fingerprint density at radius 3 is 2.24 bits per heavy atom. The molecular weight excluding hydrogens is 338 g/mol. The number of hydrogen-bond acceptors (Lipinski definition) is 4. The average molecular weight is 361 g/mol. The molecule has 5 nitrogen and oxygen atoms in total. The Bertz CT molecular complexity index is 771. The SMILES string of the molecule is CCCCCS(=O)(=O)CC(=O)Nc1ccc(Oc2ccccc2)cc1. The first kappa shape index (κ1) is 19.0. The summed E-state index contributed by atoms with van der Waals surface area (Å²) in [4.78, 5) is 11.9. The van der Waals surface area contributed by atoms with Gasteiger partial charge in [0.25, 0.3) is 0 Å². The molecule has 25 heavy (non-hydrogen) atoms. The third kappa shape index (κ3) is 6.97. The monoisotopic (exact) mass is 361 g/mol. The molecule has 0 spiro atoms. The van der Waals surface area contributed by atoms with Gasteiger partial charge in [0.05, 0.1) is 5.75 Å². The predicted octanol–water partition coefficient (Wildman–Crippen LogP) is 4.02. The lowest BCUT2D eigenvalue weighted by Crippen LogP contribution is -2.24. The molecule has 134 valence electrons. The number of anilines is 1. The van der Waals surface area contributed by atoms with Crippen LogP contribution in [-0.2, 0) is 14.6 Å². The van der Waals surface area contributed by atoms with Crippen LogP contribution in [0.5, 0.6) is 11.5 Å². The molecule has 0 saturated heterocycles. The van der Waals surface area contributed by atoms with Gasteiger partial charge in [0.1, 0.15) is 17.3 Å². The molecule has 0 fully saturated rings. The van der Waals surface area contributed by atoms with Crippen LogP contribution in [0, 0.1) is 0 Å². The van der Waals surface area contributed by atoms with Gasteiger partial charge < -0.3 is 10.1 Å². The molecule has 0 aliphatic rings. The van der Waals surface area contributed by atoms with Crippen LogP contribution < -0.4 is 10.1 Å². The van der Waals surface area contributed by atoms with Crippen LogP contribution in [0.25, 0.3) is 0 Å². The molecule has 0 atom stereocenters. The predicted molar refractivity (Wildman–Crippen MR) is 99.8 cm³/mol. The minimum atomic E-state index is -3.36. The van der Waals surface area contributed by atoms with E-state index in [9.17, 15) is 13.2 Å². The van der Waals surface area contributed by atoms with E-state index in [2.05, 4.69) is 5.32 Å². The molecule has 0 radical (unpaired) electrons. The van der Waals surface area contributed by atoms with Crippen LogP contribution >= 0.6 is 0 Å². The van der Waals surface area contributed by atoms with Crippen molar-refractivity contribution < 1.29 is 17.9 Å². The van der Waals surface area contributed by atoms with E-state index in [1.807, 2.05) is 37.3 Å². The van der Waals surface area contributed by atoms with E-state index >= 15 is 0 Å². The third-order valence-corrected chi connectivity index (χ3v) is 5.14. The first-order chi connectivity index (χ1) is 12.0. The van der Waals surface area contributed by atoms with Gasteiger partial charge in [-0.2, -0.15) is 0 Å². The molecule has 2 rings (SSSR count). The Balaban J connectivity index is 1.87. The van der Waals surface area contributed by atoms with Crippen molar-refractivity contribution in [2.75, 3.05) is 16.8 Å². The molecule has 0 aliphatic carbocycles. The lowest BCUT2D eigenvalue weighted by atomic mass is 10.3. The van der Waals surface area contributed by atoms with Crippen molar-refractivity contribution in [3.05, 3.63) is 54.6 Å². The van der Waals surface area contributed by atoms with Crippen LogP contribution in [0.4, 0.5) is 5.69 Å². The summed E-state index contributed by atoms with van der Waals surface area (Å²) >= 11 is 0. The number of ether oxygens (including phenoxy) is 1. The normalized spacial score (nSPS) is 11.1. The molecule has 0 heterocycles. The fourth-order valence-electron chi connectivity index (χ4n) is 2.27. The topological polar surface area (TPSA) is 72.5 Å². The smallest absolute Gasteiger partial charge is 0.239 e. The van der Waals surface area contributed by atoms with Gasteiger partial charge in [0.2, 0.25) is 5.91 Å². The summed E-state index contributed by atoms with van der Waals surface area (Å²) in [5.41, 5.74) is 0.536. The Kier molecular flexibility index (Phi) is 7.01. The first-order valence-electron chi connectivity index (χ1n) is 8.32. The van der Waals surface area contributed by atoms with Crippen molar-refractivity contribution >= 4 is 21.4 Å². The number of benzene rings is 2. The maximum atomic E-state index is 11.9. The van der Waals surface area contributed by atoms with E-state index in [0.717, 1.165) is 18.6 Å². The number of para-hydroxylation sites is 1. The number of nitrogens with one attached hydrogen (secondary N) is 1. The molecule has 2 aromatic carbocycles. The van der Waals surface area contributed by atoms with Crippen molar-refractivity contribution in [3.63, 3.8) is 0 Å². The summed E-state index contributed by atoms with van der Waals surface area (Å²) < 4.78 is 29.4. The molecule has 6 heteroatoms. The van der Waals surface area contributed by atoms with Crippen molar-refractivity contribution in [3.8, 4) is 11.5 Å². The number of carbonyl (C=O) groups is 1. The summed E-state index contributed by atoms with van der Waals surface area (Å²) in [6.45, 7) is 2.00. The standard InChI is InChI=1S/C19H23NO4S/c1-2-3-7-14-25(22,23)15-19(21)20-16-10-12-18(13-11-16)24-17-8-5-4-6-9-17/h4-6,8-13H,2-3,7,14-15H2,1H3,(H,20,21). The van der Waals surface area contributed by atoms with Gasteiger partial charge in [-0.15, -0.1) is 0 Å². The number of unbranched alkanes of at least 4 members (excludes halogenated alkanes) is 2. The fourth-order valence-corrected chi connectivity index (χ4v) is 3.53. The van der Waals surface area contributed by atoms with E-state index in [4.69, 9.17) is 4.74 Å². The number of amides is 1. The van der Waals surface area contributed by atoms with Crippen LogP contribution in [0.1, 0.15) is 26.2 Å². The number of rotatable bonds is 9. The highest BCUT2D eigenvalue weighted by Crippen LogP contribution is 2.22. The Hall–Kier alpha value is -2.34. The van der Waals surface area contributed by atoms with Crippen LogP contribution in [-0.4, -0.2) is 25.8 Å². The van der Waals surface area contributed by atoms with Crippen molar-refractivity contribution in [1.29, 1.82) is 0 Å². The summed E-state index contributed by atoms with van der Waals surface area (Å²) in [6.07, 6.45) is 2.39. The zero-order chi connectivity index (χ0) is 18.1. The molecule has 0 aliphatic heterocycles. The highest BCUT2D eigenvalue weighted by atomic mass is 32.2. The number of sulfone groups is 1. The van der Waals surface area contributed by atoms with Crippen molar-refractivity contribution in [2.24, 2.45) is 0 Å². The van der Waals surface area contributed by atoms with E-state index < -0.39 is 21.5 Å². The molecule has 1 amide bonds. The zero-order valence-corrected chi connectivity index (χ0v) is 15.1. The molecule has 0 aromatic heterocycles. The van der Waals surface area contributed by atoms with Gasteiger partial charge in [0.15, 0.2) is 9.84 Å². The van der Waals surface area contributed by atoms with Crippen LogP contribution in [0.2, 0.25) is 0 Å². The van der Waals surface area contributed by atoms with Gasteiger partial charge in [-0.1, -0.05) is 38.0 Å². The zero-order valence-electron chi connectivity index (χ0n) is 14.3. The number of carbonyl (C=O) groups excluding carboxylic acids is 1. The highest BCUT2D eigenvalue weighted by Gasteiger charge is 2.16. The van der Waals surface area contributed by atoms with E-state index in [-0.39, 0.29) is 5.75 Å². The van der Waals surface area contributed by atoms with E-state index in [1.54, 1.807) is 24.3 Å². The second-order valence-corrected chi connectivity index (χ2v) is 7.97. The fraction of sp³-hybridized carbons (Fsp3) is 0.316. The summed E-state index contributed by atoms with van der Waals surface area (Å²) in [7, 11) is -3.36. The van der Waals surface area contributed by atoms with E-state index in [1.165, 1.54) is 0 Å². The van der Waals surface area contributed by atoms with Gasteiger partial charge in [-0.25, -0.2) is 8.42 Å². The van der Waals surface area contributed by atoms with Gasteiger partial charge in [0, 0.05) is 5.69 Å².